The molecule has 1 saturated heterocycles. The van der Waals surface area contributed by atoms with Gasteiger partial charge in [-0.15, -0.1) is 0 Å². The number of hydrazine groups is 1. The van der Waals surface area contributed by atoms with Crippen LogP contribution >= 0.6 is 0 Å². The summed E-state index contributed by atoms with van der Waals surface area (Å²) >= 11 is 0. The van der Waals surface area contributed by atoms with Gasteiger partial charge < -0.3 is 0 Å². The molecule has 25 heavy (non-hydrogen) atoms. The van der Waals surface area contributed by atoms with Crippen LogP contribution in [0, 0.1) is 0 Å². The van der Waals surface area contributed by atoms with E-state index >= 15 is 0 Å². The van der Waals surface area contributed by atoms with Crippen LogP contribution in [0.2, 0.25) is 0 Å². The minimum absolute atomic E-state index is 0.630. The van der Waals surface area contributed by atoms with Crippen LogP contribution in [0.4, 0.5) is 5.69 Å². The molecule has 0 aliphatic carbocycles. The van der Waals surface area contributed by atoms with Crippen molar-refractivity contribution in [3.8, 4) is 0 Å². The predicted octanol–water partition coefficient (Wildman–Crippen LogP) is 3.49. The fraction of sp³-hybridized carbons (Fsp3) is 0.684. The highest BCUT2D eigenvalue weighted by atomic mass is 32.2. The van der Waals surface area contributed by atoms with Crippen molar-refractivity contribution in [2.75, 3.05) is 37.2 Å². The highest BCUT2D eigenvalue weighted by molar-refractivity contribution is 7.92. The summed E-state index contributed by atoms with van der Waals surface area (Å²) in [4.78, 5) is 0. The van der Waals surface area contributed by atoms with Crippen LogP contribution in [0.5, 0.6) is 0 Å². The second kappa shape index (κ2) is 10.1. The lowest BCUT2D eigenvalue weighted by Gasteiger charge is -2.37. The van der Waals surface area contributed by atoms with Crippen molar-refractivity contribution in [1.29, 1.82) is 0 Å². The fourth-order valence-corrected chi connectivity index (χ4v) is 3.95. The Kier molecular flexibility index (Phi) is 8.19. The van der Waals surface area contributed by atoms with Gasteiger partial charge in [-0.05, 0) is 56.2 Å². The van der Waals surface area contributed by atoms with Crippen molar-refractivity contribution in [3.63, 3.8) is 0 Å². The summed E-state index contributed by atoms with van der Waals surface area (Å²) in [6.45, 7) is 6.99. The first-order valence-corrected chi connectivity index (χ1v) is 11.4. The number of unbranched alkanes of at least 4 members (excludes halogenated alkanes) is 1. The standard InChI is InChI=1S/C19H33N3O2S/c1-3-14-21(22-15-6-4-7-16-22)17-8-5-9-18-10-12-19(13-11-18)20-25(2,23)24/h10-13,20H,3-9,14-17H2,1-2H3. The Morgan fingerprint density at radius 3 is 2.32 bits per heavy atom. The van der Waals surface area contributed by atoms with Crippen LogP contribution < -0.4 is 4.72 Å². The molecule has 1 aromatic rings. The fourth-order valence-electron chi connectivity index (χ4n) is 3.39. The first-order chi connectivity index (χ1) is 12.0. The van der Waals surface area contributed by atoms with Gasteiger partial charge >= 0.3 is 0 Å². The number of hydrogen-bond acceptors (Lipinski definition) is 4. The SMILES string of the molecule is CCCN(CCCCc1ccc(NS(C)(=O)=O)cc1)N1CCCCC1. The number of sulfonamides is 1. The van der Waals surface area contributed by atoms with Crippen LogP contribution in [0.3, 0.4) is 0 Å². The Morgan fingerprint density at radius 2 is 1.72 bits per heavy atom. The number of nitrogens with one attached hydrogen (secondary N) is 1. The average Bonchev–Trinajstić information content (AvgIpc) is 2.58. The number of anilines is 1. The summed E-state index contributed by atoms with van der Waals surface area (Å²) in [7, 11) is -3.20. The van der Waals surface area contributed by atoms with Crippen LogP contribution in [-0.2, 0) is 16.4 Å². The number of piperidine rings is 1. The molecule has 5 nitrogen and oxygen atoms in total. The van der Waals surface area contributed by atoms with Gasteiger partial charge in [0, 0.05) is 31.9 Å². The van der Waals surface area contributed by atoms with Gasteiger partial charge in [0.25, 0.3) is 0 Å². The van der Waals surface area contributed by atoms with Crippen LogP contribution in [0.25, 0.3) is 0 Å². The van der Waals surface area contributed by atoms with Crippen molar-refractivity contribution in [3.05, 3.63) is 29.8 Å². The van der Waals surface area contributed by atoms with Gasteiger partial charge in [0.2, 0.25) is 10.0 Å². The Labute approximate surface area is 153 Å². The van der Waals surface area contributed by atoms with Gasteiger partial charge in [-0.2, -0.15) is 0 Å². The summed E-state index contributed by atoms with van der Waals surface area (Å²) in [6.07, 6.45) is 9.80. The third-order valence-corrected chi connectivity index (χ3v) is 5.21. The van der Waals surface area contributed by atoms with Crippen LogP contribution in [0.15, 0.2) is 24.3 Å². The number of benzene rings is 1. The number of rotatable bonds is 10. The summed E-state index contributed by atoms with van der Waals surface area (Å²) < 4.78 is 24.9. The quantitative estimate of drug-likeness (QED) is 0.643. The van der Waals surface area contributed by atoms with E-state index in [0.717, 1.165) is 25.9 Å². The third kappa shape index (κ3) is 7.75. The Morgan fingerprint density at radius 1 is 1.04 bits per heavy atom. The molecule has 0 aromatic heterocycles. The molecule has 1 fully saturated rings. The lowest BCUT2D eigenvalue weighted by Crippen LogP contribution is -2.46. The topological polar surface area (TPSA) is 52.7 Å². The maximum Gasteiger partial charge on any atom is 0.229 e. The van der Waals surface area contributed by atoms with Crippen molar-refractivity contribution in [1.82, 2.24) is 10.0 Å². The lowest BCUT2D eigenvalue weighted by molar-refractivity contribution is -0.0403. The van der Waals surface area contributed by atoms with Gasteiger partial charge in [-0.1, -0.05) is 25.5 Å². The molecule has 0 atom stereocenters. The van der Waals surface area contributed by atoms with E-state index < -0.39 is 10.0 Å². The van der Waals surface area contributed by atoms with Crippen molar-refractivity contribution < 1.29 is 8.42 Å². The average molecular weight is 368 g/mol. The van der Waals surface area contributed by atoms with E-state index in [1.165, 1.54) is 57.0 Å². The van der Waals surface area contributed by atoms with E-state index in [-0.39, 0.29) is 0 Å². The molecule has 0 radical (unpaired) electrons. The Balaban J connectivity index is 1.73. The smallest absolute Gasteiger partial charge is 0.229 e. The molecular weight excluding hydrogens is 334 g/mol. The molecule has 0 spiro atoms. The summed E-state index contributed by atoms with van der Waals surface area (Å²) in [5.74, 6) is 0. The highest BCUT2D eigenvalue weighted by Gasteiger charge is 2.16. The van der Waals surface area contributed by atoms with Gasteiger partial charge in [0.05, 0.1) is 6.26 Å². The zero-order valence-electron chi connectivity index (χ0n) is 15.7. The second-order valence-corrected chi connectivity index (χ2v) is 8.74. The molecule has 1 aliphatic heterocycles. The molecule has 0 amide bonds. The minimum Gasteiger partial charge on any atom is -0.284 e. The molecule has 6 heteroatoms. The Bertz CT molecular complexity index is 596. The zero-order chi connectivity index (χ0) is 18.1. The van der Waals surface area contributed by atoms with Gasteiger partial charge in [-0.25, -0.2) is 18.4 Å². The van der Waals surface area contributed by atoms with E-state index in [1.807, 2.05) is 24.3 Å². The van der Waals surface area contributed by atoms with Gasteiger partial charge in [0.15, 0.2) is 0 Å². The predicted molar refractivity (Wildman–Crippen MR) is 105 cm³/mol. The molecule has 1 heterocycles. The molecule has 0 bridgehead atoms. The zero-order valence-corrected chi connectivity index (χ0v) is 16.5. The van der Waals surface area contributed by atoms with E-state index in [2.05, 4.69) is 21.7 Å². The van der Waals surface area contributed by atoms with Crippen molar-refractivity contribution >= 4 is 15.7 Å². The molecule has 0 unspecified atom stereocenters. The molecule has 1 N–H and O–H groups in total. The van der Waals surface area contributed by atoms with Crippen molar-refractivity contribution in [2.24, 2.45) is 0 Å². The number of nitrogens with zero attached hydrogens (tertiary/aromatic N) is 2. The maximum atomic E-state index is 11.2. The van der Waals surface area contributed by atoms with Gasteiger partial charge in [0.1, 0.15) is 0 Å². The Hall–Kier alpha value is -1.11. The van der Waals surface area contributed by atoms with Crippen molar-refractivity contribution in [2.45, 2.75) is 51.9 Å². The van der Waals surface area contributed by atoms with Gasteiger partial charge in [-0.3, -0.25) is 4.72 Å². The molecule has 1 aliphatic rings. The molecule has 1 aromatic carbocycles. The van der Waals surface area contributed by atoms with E-state index in [9.17, 15) is 8.42 Å². The first kappa shape index (κ1) is 20.2. The lowest BCUT2D eigenvalue weighted by atomic mass is 10.1. The monoisotopic (exact) mass is 367 g/mol. The first-order valence-electron chi connectivity index (χ1n) is 9.54. The van der Waals surface area contributed by atoms with Crippen LogP contribution in [-0.4, -0.2) is 50.9 Å². The number of aryl methyl sites for hydroxylation is 1. The van der Waals surface area contributed by atoms with E-state index in [1.54, 1.807) is 0 Å². The minimum atomic E-state index is -3.20. The maximum absolute atomic E-state index is 11.2. The number of hydrogen-bond donors (Lipinski definition) is 1. The summed E-state index contributed by atoms with van der Waals surface area (Å²) in [6, 6.07) is 7.71. The largest absolute Gasteiger partial charge is 0.284 e. The third-order valence-electron chi connectivity index (χ3n) is 4.60. The summed E-state index contributed by atoms with van der Waals surface area (Å²) in [5, 5.41) is 5.11. The second-order valence-electron chi connectivity index (χ2n) is 7.00. The van der Waals surface area contributed by atoms with E-state index in [4.69, 9.17) is 0 Å². The molecular formula is C19H33N3O2S. The van der Waals surface area contributed by atoms with Crippen LogP contribution in [0.1, 0.15) is 51.0 Å². The summed E-state index contributed by atoms with van der Waals surface area (Å²) in [5.41, 5.74) is 1.89. The molecule has 142 valence electrons. The van der Waals surface area contributed by atoms with E-state index in [0.29, 0.717) is 5.69 Å². The molecule has 0 saturated carbocycles. The molecule has 2 rings (SSSR count). The normalized spacial score (nSPS) is 16.3. The highest BCUT2D eigenvalue weighted by Crippen LogP contribution is 2.15.